The summed E-state index contributed by atoms with van der Waals surface area (Å²) in [7, 11) is 1.61. The smallest absolute Gasteiger partial charge is 0.241 e. The number of hydrogen-bond acceptors (Lipinski definition) is 5. The molecule has 0 bridgehead atoms. The first kappa shape index (κ1) is 16.4. The van der Waals surface area contributed by atoms with Gasteiger partial charge in [-0.05, 0) is 25.1 Å². The third-order valence-corrected chi connectivity index (χ3v) is 3.05. The number of benzene rings is 1. The third-order valence-electron chi connectivity index (χ3n) is 3.05. The molecule has 0 aromatic heterocycles. The lowest BCUT2D eigenvalue weighted by Crippen LogP contribution is -2.44. The van der Waals surface area contributed by atoms with Gasteiger partial charge in [0, 0.05) is 31.6 Å². The molecule has 4 N–H and O–H groups in total. The zero-order chi connectivity index (χ0) is 15.0. The maximum Gasteiger partial charge on any atom is 0.241 e. The fraction of sp³-hybridized carbons (Fsp3) is 0.500. The van der Waals surface area contributed by atoms with Crippen LogP contribution in [0.1, 0.15) is 6.92 Å². The van der Waals surface area contributed by atoms with E-state index in [1.807, 2.05) is 4.90 Å². The molecule has 0 spiro atoms. The van der Waals surface area contributed by atoms with Gasteiger partial charge in [0.15, 0.2) is 0 Å². The van der Waals surface area contributed by atoms with Crippen LogP contribution in [0.4, 0.5) is 11.4 Å². The fourth-order valence-corrected chi connectivity index (χ4v) is 1.87. The molecule has 1 unspecified atom stereocenters. The van der Waals surface area contributed by atoms with Crippen LogP contribution in [0, 0.1) is 0 Å². The standard InChI is InChI=1S/C14H23N3O3/c1-11(17(6-8-18)7-9-20-2)14(19)16-13-5-3-4-12(15)10-13/h3-5,10-11,18H,6-9,15H2,1-2H3,(H,16,19). The van der Waals surface area contributed by atoms with E-state index in [0.717, 1.165) is 0 Å². The van der Waals surface area contributed by atoms with E-state index in [0.29, 0.717) is 31.1 Å². The summed E-state index contributed by atoms with van der Waals surface area (Å²) < 4.78 is 5.01. The van der Waals surface area contributed by atoms with Crippen LogP contribution in [0.15, 0.2) is 24.3 Å². The number of methoxy groups -OCH3 is 1. The molecule has 0 heterocycles. The predicted molar refractivity (Wildman–Crippen MR) is 79.5 cm³/mol. The van der Waals surface area contributed by atoms with Crippen molar-refractivity contribution in [3.8, 4) is 0 Å². The molecule has 0 saturated carbocycles. The number of nitrogens with zero attached hydrogens (tertiary/aromatic N) is 1. The number of carbonyl (C=O) groups excluding carboxylic acids is 1. The molecule has 6 heteroatoms. The summed E-state index contributed by atoms with van der Waals surface area (Å²) in [5.41, 5.74) is 6.94. The van der Waals surface area contributed by atoms with Gasteiger partial charge in [-0.1, -0.05) is 6.07 Å². The molecule has 1 rings (SSSR count). The average molecular weight is 281 g/mol. The Hall–Kier alpha value is -1.63. The summed E-state index contributed by atoms with van der Waals surface area (Å²) in [6, 6.07) is 6.67. The van der Waals surface area contributed by atoms with E-state index in [4.69, 9.17) is 15.6 Å². The number of aliphatic hydroxyl groups excluding tert-OH is 1. The van der Waals surface area contributed by atoms with Gasteiger partial charge in [-0.25, -0.2) is 0 Å². The van der Waals surface area contributed by atoms with Gasteiger partial charge < -0.3 is 20.9 Å². The van der Waals surface area contributed by atoms with Gasteiger partial charge >= 0.3 is 0 Å². The second-order valence-corrected chi connectivity index (χ2v) is 4.54. The van der Waals surface area contributed by atoms with Crippen molar-refractivity contribution in [3.05, 3.63) is 24.3 Å². The Kier molecular flexibility index (Phi) is 7.00. The number of ether oxygens (including phenoxy) is 1. The molecule has 0 aliphatic carbocycles. The van der Waals surface area contributed by atoms with Crippen LogP contribution in [0.5, 0.6) is 0 Å². The van der Waals surface area contributed by atoms with Crippen molar-refractivity contribution < 1.29 is 14.6 Å². The molecule has 112 valence electrons. The van der Waals surface area contributed by atoms with Crippen LogP contribution in [-0.4, -0.2) is 55.4 Å². The van der Waals surface area contributed by atoms with E-state index in [-0.39, 0.29) is 18.6 Å². The summed E-state index contributed by atoms with van der Waals surface area (Å²) >= 11 is 0. The molecule has 0 fully saturated rings. The number of carbonyl (C=O) groups is 1. The third kappa shape index (κ3) is 5.16. The predicted octanol–water partition coefficient (Wildman–Crippen LogP) is 0.537. The second kappa shape index (κ2) is 8.52. The Morgan fingerprint density at radius 2 is 2.25 bits per heavy atom. The first-order valence-corrected chi connectivity index (χ1v) is 6.58. The maximum absolute atomic E-state index is 12.2. The quantitative estimate of drug-likeness (QED) is 0.605. The Bertz CT molecular complexity index is 426. The highest BCUT2D eigenvalue weighted by Gasteiger charge is 2.20. The minimum absolute atomic E-state index is 0.000378. The molecule has 1 aromatic carbocycles. The number of nitrogens with two attached hydrogens (primary N) is 1. The minimum Gasteiger partial charge on any atom is -0.399 e. The zero-order valence-electron chi connectivity index (χ0n) is 12.0. The molecule has 0 radical (unpaired) electrons. The minimum atomic E-state index is -0.362. The van der Waals surface area contributed by atoms with Crippen LogP contribution in [-0.2, 0) is 9.53 Å². The number of hydrogen-bond donors (Lipinski definition) is 3. The first-order chi connectivity index (χ1) is 9.58. The first-order valence-electron chi connectivity index (χ1n) is 6.58. The molecule has 0 aliphatic rings. The Labute approximate surface area is 119 Å². The zero-order valence-corrected chi connectivity index (χ0v) is 12.0. The van der Waals surface area contributed by atoms with Crippen LogP contribution >= 0.6 is 0 Å². The lowest BCUT2D eigenvalue weighted by molar-refractivity contribution is -0.121. The normalized spacial score (nSPS) is 12.4. The SMILES string of the molecule is COCCN(CCO)C(C)C(=O)Nc1cccc(N)c1. The van der Waals surface area contributed by atoms with E-state index in [2.05, 4.69) is 5.32 Å². The molecular weight excluding hydrogens is 258 g/mol. The van der Waals surface area contributed by atoms with Gasteiger partial charge in [-0.15, -0.1) is 0 Å². The van der Waals surface area contributed by atoms with Gasteiger partial charge in [0.2, 0.25) is 5.91 Å². The van der Waals surface area contributed by atoms with E-state index in [9.17, 15) is 4.79 Å². The fourth-order valence-electron chi connectivity index (χ4n) is 1.87. The molecule has 1 atom stereocenters. The monoisotopic (exact) mass is 281 g/mol. The van der Waals surface area contributed by atoms with Crippen LogP contribution < -0.4 is 11.1 Å². The van der Waals surface area contributed by atoms with E-state index >= 15 is 0 Å². The highest BCUT2D eigenvalue weighted by Crippen LogP contribution is 2.13. The Morgan fingerprint density at radius 3 is 2.85 bits per heavy atom. The summed E-state index contributed by atoms with van der Waals surface area (Å²) in [5.74, 6) is -0.139. The Balaban J connectivity index is 2.63. The molecule has 1 amide bonds. The van der Waals surface area contributed by atoms with Gasteiger partial charge in [0.05, 0.1) is 19.3 Å². The van der Waals surface area contributed by atoms with Gasteiger partial charge in [0.25, 0.3) is 0 Å². The molecular formula is C14H23N3O3. The highest BCUT2D eigenvalue weighted by atomic mass is 16.5. The second-order valence-electron chi connectivity index (χ2n) is 4.54. The van der Waals surface area contributed by atoms with Gasteiger partial charge in [-0.3, -0.25) is 9.69 Å². The Morgan fingerprint density at radius 1 is 1.50 bits per heavy atom. The lowest BCUT2D eigenvalue weighted by atomic mass is 10.2. The van der Waals surface area contributed by atoms with Crippen LogP contribution in [0.2, 0.25) is 0 Å². The van der Waals surface area contributed by atoms with E-state index < -0.39 is 0 Å². The number of anilines is 2. The van der Waals surface area contributed by atoms with Crippen molar-refractivity contribution in [2.45, 2.75) is 13.0 Å². The van der Waals surface area contributed by atoms with Crippen molar-refractivity contribution in [1.82, 2.24) is 4.90 Å². The molecule has 1 aromatic rings. The number of nitrogen functional groups attached to an aromatic ring is 1. The number of rotatable bonds is 8. The lowest BCUT2D eigenvalue weighted by Gasteiger charge is -2.27. The molecule has 0 aliphatic heterocycles. The summed E-state index contributed by atoms with van der Waals surface area (Å²) in [6.45, 7) is 3.32. The maximum atomic E-state index is 12.2. The number of nitrogens with one attached hydrogen (secondary N) is 1. The van der Waals surface area contributed by atoms with E-state index in [1.54, 1.807) is 38.3 Å². The van der Waals surface area contributed by atoms with Gasteiger partial charge in [-0.2, -0.15) is 0 Å². The van der Waals surface area contributed by atoms with Crippen LogP contribution in [0.3, 0.4) is 0 Å². The summed E-state index contributed by atoms with van der Waals surface area (Å²) in [6.07, 6.45) is 0. The van der Waals surface area contributed by atoms with Crippen molar-refractivity contribution in [2.75, 3.05) is 44.5 Å². The molecule has 0 saturated heterocycles. The van der Waals surface area contributed by atoms with E-state index in [1.165, 1.54) is 0 Å². The van der Waals surface area contributed by atoms with Crippen LogP contribution in [0.25, 0.3) is 0 Å². The summed E-state index contributed by atoms with van der Waals surface area (Å²) in [4.78, 5) is 14.1. The van der Waals surface area contributed by atoms with Crippen molar-refractivity contribution in [2.24, 2.45) is 0 Å². The largest absolute Gasteiger partial charge is 0.399 e. The topological polar surface area (TPSA) is 87.8 Å². The van der Waals surface area contributed by atoms with Crippen molar-refractivity contribution in [1.29, 1.82) is 0 Å². The number of amides is 1. The van der Waals surface area contributed by atoms with Crippen molar-refractivity contribution in [3.63, 3.8) is 0 Å². The van der Waals surface area contributed by atoms with Gasteiger partial charge in [0.1, 0.15) is 0 Å². The number of aliphatic hydroxyl groups is 1. The highest BCUT2D eigenvalue weighted by molar-refractivity contribution is 5.94. The average Bonchev–Trinajstić information content (AvgIpc) is 2.42. The summed E-state index contributed by atoms with van der Waals surface area (Å²) in [5, 5.41) is 11.9. The van der Waals surface area contributed by atoms with Crippen molar-refractivity contribution >= 4 is 17.3 Å². The molecule has 20 heavy (non-hydrogen) atoms. The molecule has 6 nitrogen and oxygen atoms in total.